The van der Waals surface area contributed by atoms with E-state index in [2.05, 4.69) is 15.0 Å². The smallest absolute Gasteiger partial charge is 0.319 e. The van der Waals surface area contributed by atoms with Gasteiger partial charge in [0, 0.05) is 20.8 Å². The molecule has 0 amide bonds. The maximum Gasteiger partial charge on any atom is 0.319 e. The summed E-state index contributed by atoms with van der Waals surface area (Å²) in [6.07, 6.45) is -0.939. The molecule has 0 bridgehead atoms. The van der Waals surface area contributed by atoms with Crippen LogP contribution in [0.25, 0.3) is 11.2 Å². The summed E-state index contributed by atoms with van der Waals surface area (Å²) in [4.78, 5) is 47.6. The van der Waals surface area contributed by atoms with Crippen LogP contribution in [0.4, 0.5) is 0 Å². The molecule has 1 aliphatic heterocycles. The molecule has 0 saturated carbocycles. The fourth-order valence-electron chi connectivity index (χ4n) is 3.34. The van der Waals surface area contributed by atoms with Gasteiger partial charge in [-0.25, -0.2) is 4.98 Å². The molecule has 1 aliphatic rings. The number of rotatable bonds is 9. The van der Waals surface area contributed by atoms with E-state index in [4.69, 9.17) is 35.3 Å². The number of imidazole rings is 1. The van der Waals surface area contributed by atoms with Crippen molar-refractivity contribution in [1.29, 1.82) is 0 Å². The Hall–Kier alpha value is -2.99. The van der Waals surface area contributed by atoms with Crippen LogP contribution in [0.1, 0.15) is 46.8 Å². The van der Waals surface area contributed by atoms with Gasteiger partial charge >= 0.3 is 23.9 Å². The predicted molar refractivity (Wildman–Crippen MR) is 112 cm³/mol. The lowest BCUT2D eigenvalue weighted by Gasteiger charge is -2.23. The van der Waals surface area contributed by atoms with Crippen LogP contribution in [-0.2, 0) is 33.3 Å². The van der Waals surface area contributed by atoms with Gasteiger partial charge in [0.05, 0.1) is 12.9 Å². The van der Waals surface area contributed by atoms with E-state index in [9.17, 15) is 14.4 Å². The highest BCUT2D eigenvalue weighted by Crippen LogP contribution is 2.36. The Kier molecular flexibility index (Phi) is 8.03. The van der Waals surface area contributed by atoms with E-state index >= 15 is 0 Å². The molecule has 4 unspecified atom stereocenters. The summed E-state index contributed by atoms with van der Waals surface area (Å²) in [6, 6.07) is 0.0535. The first-order valence-corrected chi connectivity index (χ1v) is 10.7. The van der Waals surface area contributed by atoms with Crippen LogP contribution in [-0.4, -0.2) is 69.0 Å². The number of ether oxygens (including phenoxy) is 5. The number of carbonyl (C=O) groups excluding carboxylic acids is 3. The molecule has 0 aromatic carbocycles. The van der Waals surface area contributed by atoms with Crippen LogP contribution in [0.3, 0.4) is 0 Å². The average Bonchev–Trinajstić information content (AvgIpc) is 3.28. The van der Waals surface area contributed by atoms with Crippen LogP contribution in [0.2, 0.25) is 5.15 Å². The number of nitrogens with zero attached hydrogens (tertiary/aromatic N) is 4. The van der Waals surface area contributed by atoms with E-state index in [1.807, 2.05) is 6.92 Å². The van der Waals surface area contributed by atoms with Crippen molar-refractivity contribution in [3.8, 4) is 6.01 Å². The Morgan fingerprint density at radius 2 is 1.79 bits per heavy atom. The lowest BCUT2D eigenvalue weighted by Crippen LogP contribution is -2.40. The van der Waals surface area contributed by atoms with E-state index < -0.39 is 42.4 Å². The maximum absolute atomic E-state index is 11.8. The van der Waals surface area contributed by atoms with Crippen LogP contribution < -0.4 is 4.74 Å². The standard InChI is InChI=1S/C20H25ClN4O8/c1-5-6-7-29-20-23-17(21)14-18(24-20)25(9-22-14)19-16(32-12(4)28)15(31-11(3)27)13(33-19)8-30-10(2)26/h9,13,15-16,19H,5-8H2,1-4H3. The predicted octanol–water partition coefficient (Wildman–Crippen LogP) is 1.98. The number of hydrogen-bond acceptors (Lipinski definition) is 11. The molecule has 3 rings (SSSR count). The van der Waals surface area contributed by atoms with E-state index in [-0.39, 0.29) is 28.9 Å². The molecule has 180 valence electrons. The van der Waals surface area contributed by atoms with E-state index in [0.29, 0.717) is 6.61 Å². The molecule has 2 aromatic heterocycles. The van der Waals surface area contributed by atoms with Gasteiger partial charge < -0.3 is 23.7 Å². The molecule has 0 aliphatic carbocycles. The largest absolute Gasteiger partial charge is 0.463 e. The highest BCUT2D eigenvalue weighted by atomic mass is 35.5. The molecule has 0 radical (unpaired) electrons. The molecule has 1 saturated heterocycles. The van der Waals surface area contributed by atoms with Crippen molar-refractivity contribution in [2.75, 3.05) is 13.2 Å². The highest BCUT2D eigenvalue weighted by molar-refractivity contribution is 6.33. The zero-order valence-electron chi connectivity index (χ0n) is 18.6. The summed E-state index contributed by atoms with van der Waals surface area (Å²) >= 11 is 6.27. The quantitative estimate of drug-likeness (QED) is 0.223. The third-order valence-corrected chi connectivity index (χ3v) is 4.97. The number of aromatic nitrogens is 4. The Morgan fingerprint density at radius 3 is 2.42 bits per heavy atom. The molecule has 0 spiro atoms. The summed E-state index contributed by atoms with van der Waals surface area (Å²) in [5.74, 6) is -1.80. The second kappa shape index (κ2) is 10.8. The van der Waals surface area contributed by atoms with Crippen molar-refractivity contribution in [3.63, 3.8) is 0 Å². The minimum absolute atomic E-state index is 0.0535. The monoisotopic (exact) mass is 484 g/mol. The molecular formula is C20H25ClN4O8. The molecule has 13 heteroatoms. The van der Waals surface area contributed by atoms with Gasteiger partial charge in [-0.1, -0.05) is 24.9 Å². The van der Waals surface area contributed by atoms with Crippen molar-refractivity contribution in [3.05, 3.63) is 11.5 Å². The second-order valence-corrected chi connectivity index (χ2v) is 7.70. The van der Waals surface area contributed by atoms with E-state index in [1.54, 1.807) is 0 Å². The van der Waals surface area contributed by atoms with Gasteiger partial charge in [-0.3, -0.25) is 19.0 Å². The Labute approximate surface area is 194 Å². The highest BCUT2D eigenvalue weighted by Gasteiger charge is 2.51. The Bertz CT molecular complexity index is 1030. The third-order valence-electron chi connectivity index (χ3n) is 4.70. The van der Waals surface area contributed by atoms with E-state index in [1.165, 1.54) is 31.7 Å². The van der Waals surface area contributed by atoms with Crippen molar-refractivity contribution in [1.82, 2.24) is 19.5 Å². The first-order chi connectivity index (χ1) is 15.7. The SMILES string of the molecule is CCCCOc1nc(Cl)c2ncn(C3OC(COC(C)=O)C(OC(C)=O)C3OC(C)=O)c2n1. The van der Waals surface area contributed by atoms with E-state index in [0.717, 1.165) is 12.8 Å². The topological polar surface area (TPSA) is 141 Å². The first-order valence-electron chi connectivity index (χ1n) is 10.4. The fraction of sp³-hybridized carbons (Fsp3) is 0.600. The lowest BCUT2D eigenvalue weighted by atomic mass is 10.1. The number of fused-ring (bicyclic) bond motifs is 1. The number of unbranched alkanes of at least 4 members (excludes halogenated alkanes) is 1. The Balaban J connectivity index is 2.01. The van der Waals surface area contributed by atoms with Gasteiger partial charge in [-0.05, 0) is 6.42 Å². The van der Waals surface area contributed by atoms with Gasteiger partial charge in [0.25, 0.3) is 0 Å². The summed E-state index contributed by atoms with van der Waals surface area (Å²) in [7, 11) is 0. The molecule has 0 N–H and O–H groups in total. The molecule has 2 aromatic rings. The first kappa shape index (κ1) is 24.6. The molecular weight excluding hydrogens is 460 g/mol. The summed E-state index contributed by atoms with van der Waals surface area (Å²) in [6.45, 7) is 5.86. The lowest BCUT2D eigenvalue weighted by molar-refractivity contribution is -0.166. The molecule has 12 nitrogen and oxygen atoms in total. The van der Waals surface area contributed by atoms with Crippen molar-refractivity contribution in [2.24, 2.45) is 0 Å². The van der Waals surface area contributed by atoms with Crippen molar-refractivity contribution in [2.45, 2.75) is 65.1 Å². The third kappa shape index (κ3) is 5.88. The van der Waals surface area contributed by atoms with Crippen LogP contribution in [0.15, 0.2) is 6.33 Å². The van der Waals surface area contributed by atoms with Gasteiger partial charge in [0.2, 0.25) is 0 Å². The summed E-state index contributed by atoms with van der Waals surface area (Å²) < 4.78 is 28.9. The maximum atomic E-state index is 11.8. The summed E-state index contributed by atoms with van der Waals surface area (Å²) in [5, 5.41) is 0.0697. The van der Waals surface area contributed by atoms with Crippen LogP contribution >= 0.6 is 11.6 Å². The van der Waals surface area contributed by atoms with Gasteiger partial charge in [0.15, 0.2) is 29.2 Å². The van der Waals surface area contributed by atoms with Crippen molar-refractivity contribution >= 4 is 40.7 Å². The van der Waals surface area contributed by atoms with Crippen molar-refractivity contribution < 1.29 is 38.1 Å². The zero-order chi connectivity index (χ0) is 24.1. The van der Waals surface area contributed by atoms with Crippen LogP contribution in [0.5, 0.6) is 6.01 Å². The minimum Gasteiger partial charge on any atom is -0.463 e. The average molecular weight is 485 g/mol. The minimum atomic E-state index is -1.08. The van der Waals surface area contributed by atoms with Gasteiger partial charge in [-0.2, -0.15) is 9.97 Å². The van der Waals surface area contributed by atoms with Gasteiger partial charge in [-0.15, -0.1) is 0 Å². The Morgan fingerprint density at radius 1 is 1.09 bits per heavy atom. The number of esters is 3. The molecule has 4 atom stereocenters. The number of carbonyl (C=O) groups is 3. The number of hydrogen-bond donors (Lipinski definition) is 0. The molecule has 1 fully saturated rings. The van der Waals surface area contributed by atoms with Crippen LogP contribution in [0, 0.1) is 0 Å². The normalized spacial score (nSPS) is 22.2. The summed E-state index contributed by atoms with van der Waals surface area (Å²) in [5.41, 5.74) is 0.538. The molecule has 33 heavy (non-hydrogen) atoms. The second-order valence-electron chi connectivity index (χ2n) is 7.34. The zero-order valence-corrected chi connectivity index (χ0v) is 19.4. The number of halogens is 1. The van der Waals surface area contributed by atoms with Gasteiger partial charge in [0.1, 0.15) is 18.2 Å². The molecule has 3 heterocycles. The fourth-order valence-corrected chi connectivity index (χ4v) is 3.54.